The summed E-state index contributed by atoms with van der Waals surface area (Å²) in [5.41, 5.74) is -0.248. The van der Waals surface area contributed by atoms with E-state index in [9.17, 15) is 9.59 Å². The zero-order valence-corrected chi connectivity index (χ0v) is 11.4. The molecule has 0 spiro atoms. The molecule has 88 valence electrons. The van der Waals surface area contributed by atoms with E-state index in [0.717, 1.165) is 4.88 Å². The third kappa shape index (κ3) is 2.70. The predicted octanol–water partition coefficient (Wildman–Crippen LogP) is 2.26. The monoisotopic (exact) mass is 312 g/mol. The Bertz CT molecular complexity index is 618. The Morgan fingerprint density at radius 3 is 2.94 bits per heavy atom. The van der Waals surface area contributed by atoms with E-state index in [1.807, 2.05) is 13.0 Å². The zero-order chi connectivity index (χ0) is 12.4. The number of nitrogens with zero attached hydrogens (tertiary/aromatic N) is 2. The van der Waals surface area contributed by atoms with Gasteiger partial charge in [-0.2, -0.15) is 0 Å². The van der Waals surface area contributed by atoms with Crippen LogP contribution in [0.25, 0.3) is 0 Å². The summed E-state index contributed by atoms with van der Waals surface area (Å²) < 4.78 is 1.65. The van der Waals surface area contributed by atoms with Crippen LogP contribution in [0.2, 0.25) is 0 Å². The third-order valence-corrected chi connectivity index (χ3v) is 3.77. The van der Waals surface area contributed by atoms with E-state index in [2.05, 4.69) is 20.9 Å². The van der Waals surface area contributed by atoms with Gasteiger partial charge >= 0.3 is 0 Å². The summed E-state index contributed by atoms with van der Waals surface area (Å²) in [5, 5.41) is 0. The van der Waals surface area contributed by atoms with Crippen molar-refractivity contribution in [3.8, 4) is 0 Å². The van der Waals surface area contributed by atoms with Crippen molar-refractivity contribution >= 4 is 33.0 Å². The van der Waals surface area contributed by atoms with Crippen LogP contribution in [0.15, 0.2) is 33.9 Å². The number of carbonyl (C=O) groups excluding carboxylic acids is 1. The van der Waals surface area contributed by atoms with Crippen molar-refractivity contribution in [3.05, 3.63) is 49.2 Å². The number of aromatic nitrogens is 2. The van der Waals surface area contributed by atoms with Crippen molar-refractivity contribution in [2.45, 2.75) is 13.5 Å². The van der Waals surface area contributed by atoms with Crippen LogP contribution in [0.3, 0.4) is 0 Å². The molecule has 2 heterocycles. The first-order valence-corrected chi connectivity index (χ1v) is 6.48. The van der Waals surface area contributed by atoms with Gasteiger partial charge in [0.25, 0.3) is 5.56 Å². The summed E-state index contributed by atoms with van der Waals surface area (Å²) in [6, 6.07) is 3.67. The molecular formula is C11H9BrN2O2S. The summed E-state index contributed by atoms with van der Waals surface area (Å²) in [4.78, 5) is 29.2. The lowest BCUT2D eigenvalue weighted by atomic mass is 10.3. The highest BCUT2D eigenvalue weighted by atomic mass is 79.9. The molecule has 0 saturated heterocycles. The van der Waals surface area contributed by atoms with Crippen molar-refractivity contribution < 1.29 is 4.79 Å². The molecule has 0 aromatic carbocycles. The smallest absolute Gasteiger partial charge is 0.268 e. The van der Waals surface area contributed by atoms with E-state index in [1.54, 1.807) is 6.07 Å². The molecule has 0 saturated carbocycles. The average Bonchev–Trinajstić information content (AvgIpc) is 2.72. The standard InChI is InChI=1S/C11H9BrN2O2S/c1-7-2-3-10(17-7)9(15)5-14-6-13-4-8(12)11(14)16/h2-4,6H,5H2,1H3. The molecule has 0 aliphatic carbocycles. The molecule has 0 fully saturated rings. The van der Waals surface area contributed by atoms with Crippen LogP contribution in [-0.4, -0.2) is 15.3 Å². The summed E-state index contributed by atoms with van der Waals surface area (Å²) in [7, 11) is 0. The van der Waals surface area contributed by atoms with E-state index in [0.29, 0.717) is 9.35 Å². The molecule has 0 unspecified atom stereocenters. The Balaban J connectivity index is 2.25. The zero-order valence-electron chi connectivity index (χ0n) is 9.01. The number of halogens is 1. The second-order valence-corrected chi connectivity index (χ2v) is 5.65. The summed E-state index contributed by atoms with van der Waals surface area (Å²) >= 11 is 4.52. The molecular weight excluding hydrogens is 304 g/mol. The van der Waals surface area contributed by atoms with Crippen molar-refractivity contribution in [1.29, 1.82) is 0 Å². The Labute approximate surface area is 110 Å². The van der Waals surface area contributed by atoms with Crippen LogP contribution in [0.5, 0.6) is 0 Å². The lowest BCUT2D eigenvalue weighted by molar-refractivity contribution is 0.0974. The highest BCUT2D eigenvalue weighted by Gasteiger charge is 2.10. The lowest BCUT2D eigenvalue weighted by Gasteiger charge is -2.02. The van der Waals surface area contributed by atoms with Crippen LogP contribution in [0.1, 0.15) is 14.5 Å². The molecule has 2 aromatic rings. The van der Waals surface area contributed by atoms with Gasteiger partial charge in [0.15, 0.2) is 5.78 Å². The first-order valence-electron chi connectivity index (χ1n) is 4.87. The molecule has 0 aliphatic rings. The average molecular weight is 313 g/mol. The number of thiophene rings is 1. The maximum atomic E-state index is 11.9. The number of Topliss-reactive ketones (excluding diaryl/α,β-unsaturated/α-hetero) is 1. The summed E-state index contributed by atoms with van der Waals surface area (Å²) in [6.07, 6.45) is 2.78. The second-order valence-electron chi connectivity index (χ2n) is 3.51. The van der Waals surface area contributed by atoms with Gasteiger partial charge in [0, 0.05) is 11.1 Å². The fourth-order valence-corrected chi connectivity index (χ4v) is 2.50. The van der Waals surface area contributed by atoms with E-state index in [1.165, 1.54) is 28.4 Å². The highest BCUT2D eigenvalue weighted by Crippen LogP contribution is 2.16. The Hall–Kier alpha value is -1.27. The van der Waals surface area contributed by atoms with Gasteiger partial charge in [-0.3, -0.25) is 14.2 Å². The minimum atomic E-state index is -0.248. The van der Waals surface area contributed by atoms with E-state index in [-0.39, 0.29) is 17.9 Å². The Morgan fingerprint density at radius 2 is 2.29 bits per heavy atom. The van der Waals surface area contributed by atoms with Gasteiger partial charge in [-0.25, -0.2) is 4.98 Å². The number of hydrogen-bond donors (Lipinski definition) is 0. The molecule has 17 heavy (non-hydrogen) atoms. The normalized spacial score (nSPS) is 10.5. The lowest BCUT2D eigenvalue weighted by Crippen LogP contribution is -2.24. The molecule has 0 aliphatic heterocycles. The fraction of sp³-hybridized carbons (Fsp3) is 0.182. The number of carbonyl (C=O) groups is 1. The molecule has 2 rings (SSSR count). The van der Waals surface area contributed by atoms with Crippen LogP contribution in [0.4, 0.5) is 0 Å². The summed E-state index contributed by atoms with van der Waals surface area (Å²) in [5.74, 6) is -0.0786. The number of ketones is 1. The van der Waals surface area contributed by atoms with Gasteiger partial charge in [-0.15, -0.1) is 11.3 Å². The maximum absolute atomic E-state index is 11.9. The third-order valence-electron chi connectivity index (χ3n) is 2.19. The first kappa shape index (κ1) is 12.2. The quantitative estimate of drug-likeness (QED) is 0.817. The Kier molecular flexibility index (Phi) is 3.54. The minimum absolute atomic E-state index is 0.0191. The van der Waals surface area contributed by atoms with Crippen molar-refractivity contribution in [1.82, 2.24) is 9.55 Å². The SMILES string of the molecule is Cc1ccc(C(=O)Cn2cncc(Br)c2=O)s1. The molecule has 0 bridgehead atoms. The number of hydrogen-bond acceptors (Lipinski definition) is 4. The maximum Gasteiger partial charge on any atom is 0.268 e. The molecule has 0 atom stereocenters. The molecule has 0 radical (unpaired) electrons. The molecule has 4 nitrogen and oxygen atoms in total. The van der Waals surface area contributed by atoms with Gasteiger partial charge in [-0.05, 0) is 35.0 Å². The van der Waals surface area contributed by atoms with E-state index >= 15 is 0 Å². The molecule has 6 heteroatoms. The van der Waals surface area contributed by atoms with Crippen molar-refractivity contribution in [2.75, 3.05) is 0 Å². The van der Waals surface area contributed by atoms with E-state index in [4.69, 9.17) is 0 Å². The highest BCUT2D eigenvalue weighted by molar-refractivity contribution is 9.10. The van der Waals surface area contributed by atoms with Crippen LogP contribution in [-0.2, 0) is 6.54 Å². The summed E-state index contributed by atoms with van der Waals surface area (Å²) in [6.45, 7) is 1.96. The molecule has 0 N–H and O–H groups in total. The van der Waals surface area contributed by atoms with Gasteiger partial charge < -0.3 is 0 Å². The van der Waals surface area contributed by atoms with E-state index < -0.39 is 0 Å². The van der Waals surface area contributed by atoms with Gasteiger partial charge in [0.05, 0.1) is 17.7 Å². The second kappa shape index (κ2) is 4.93. The predicted molar refractivity (Wildman–Crippen MR) is 69.6 cm³/mol. The van der Waals surface area contributed by atoms with Crippen LogP contribution in [0, 0.1) is 6.92 Å². The molecule has 2 aromatic heterocycles. The van der Waals surface area contributed by atoms with Gasteiger partial charge in [0.1, 0.15) is 4.47 Å². The fourth-order valence-electron chi connectivity index (χ4n) is 1.35. The molecule has 0 amide bonds. The minimum Gasteiger partial charge on any atom is -0.291 e. The first-order chi connectivity index (χ1) is 8.08. The van der Waals surface area contributed by atoms with Crippen molar-refractivity contribution in [2.24, 2.45) is 0 Å². The Morgan fingerprint density at radius 1 is 1.53 bits per heavy atom. The number of aryl methyl sites for hydroxylation is 1. The van der Waals surface area contributed by atoms with Gasteiger partial charge in [-0.1, -0.05) is 0 Å². The number of rotatable bonds is 3. The van der Waals surface area contributed by atoms with Crippen LogP contribution < -0.4 is 5.56 Å². The largest absolute Gasteiger partial charge is 0.291 e. The van der Waals surface area contributed by atoms with Crippen LogP contribution >= 0.6 is 27.3 Å². The van der Waals surface area contributed by atoms with Gasteiger partial charge in [0.2, 0.25) is 0 Å². The van der Waals surface area contributed by atoms with Crippen molar-refractivity contribution in [3.63, 3.8) is 0 Å². The topological polar surface area (TPSA) is 52.0 Å².